The number of halogens is 1. The van der Waals surface area contributed by atoms with E-state index in [0.717, 1.165) is 5.56 Å². The molecule has 0 radical (unpaired) electrons. The van der Waals surface area contributed by atoms with Gasteiger partial charge in [0.1, 0.15) is 6.04 Å². The molecule has 1 aliphatic rings. The number of aryl methyl sites for hydroxylation is 1. The highest BCUT2D eigenvalue weighted by Crippen LogP contribution is 2.20. The average Bonchev–Trinajstić information content (AvgIpc) is 3.04. The lowest BCUT2D eigenvalue weighted by Gasteiger charge is -2.29. The fourth-order valence-corrected chi connectivity index (χ4v) is 2.61. The van der Waals surface area contributed by atoms with Crippen LogP contribution in [0.5, 0.6) is 0 Å². The summed E-state index contributed by atoms with van der Waals surface area (Å²) in [5.74, 6) is 0.570. The Kier molecular flexibility index (Phi) is 6.24. The van der Waals surface area contributed by atoms with Crippen LogP contribution in [0.3, 0.4) is 0 Å². The van der Waals surface area contributed by atoms with Gasteiger partial charge in [-0.05, 0) is 36.4 Å². The summed E-state index contributed by atoms with van der Waals surface area (Å²) in [6.07, 6.45) is -0.153. The van der Waals surface area contributed by atoms with Crippen LogP contribution in [-0.2, 0) is 16.1 Å². The van der Waals surface area contributed by atoms with E-state index in [-0.39, 0.29) is 30.5 Å². The van der Waals surface area contributed by atoms with Crippen molar-refractivity contribution in [3.05, 3.63) is 24.3 Å². The molecule has 1 aliphatic heterocycles. The molecule has 0 aliphatic carbocycles. The first-order valence-electron chi connectivity index (χ1n) is 7.71. The SMILES string of the molecule is CCn1nnnc1-c1cccc(NC(=O)[C@H]2NCCO[C@@H]2C)c1.Cl. The molecule has 1 aromatic heterocycles. The molecule has 24 heavy (non-hydrogen) atoms. The van der Waals surface area contributed by atoms with Gasteiger partial charge in [-0.25, -0.2) is 4.68 Å². The number of hydrogen-bond donors (Lipinski definition) is 2. The van der Waals surface area contributed by atoms with Crippen LogP contribution in [0.4, 0.5) is 5.69 Å². The number of aromatic nitrogens is 4. The standard InChI is InChI=1S/C15H20N6O2.ClH/c1-3-21-14(18-19-20-21)11-5-4-6-12(9-11)17-15(22)13-10(2)23-8-7-16-13;/h4-6,9-10,13,16H,3,7-8H2,1-2H3,(H,17,22);1H/t10-,13+;/m1./s1. The lowest BCUT2D eigenvalue weighted by atomic mass is 10.1. The van der Waals surface area contributed by atoms with Crippen LogP contribution in [0, 0.1) is 0 Å². The summed E-state index contributed by atoms with van der Waals surface area (Å²) in [4.78, 5) is 12.4. The maximum absolute atomic E-state index is 12.4. The summed E-state index contributed by atoms with van der Waals surface area (Å²) in [5.41, 5.74) is 1.56. The summed E-state index contributed by atoms with van der Waals surface area (Å²) in [7, 11) is 0. The van der Waals surface area contributed by atoms with E-state index < -0.39 is 0 Å². The van der Waals surface area contributed by atoms with E-state index in [9.17, 15) is 4.79 Å². The Morgan fingerprint density at radius 1 is 1.50 bits per heavy atom. The Labute approximate surface area is 146 Å². The van der Waals surface area contributed by atoms with Crippen molar-refractivity contribution in [1.82, 2.24) is 25.5 Å². The zero-order valence-corrected chi connectivity index (χ0v) is 14.4. The topological polar surface area (TPSA) is 94.0 Å². The van der Waals surface area contributed by atoms with Crippen LogP contribution in [-0.4, -0.2) is 51.4 Å². The summed E-state index contributed by atoms with van der Waals surface area (Å²) in [6.45, 7) is 5.84. The molecule has 8 nitrogen and oxygen atoms in total. The van der Waals surface area contributed by atoms with Crippen molar-refractivity contribution >= 4 is 24.0 Å². The van der Waals surface area contributed by atoms with Gasteiger partial charge in [0, 0.05) is 24.3 Å². The van der Waals surface area contributed by atoms with Gasteiger partial charge in [-0.1, -0.05) is 12.1 Å². The quantitative estimate of drug-likeness (QED) is 0.855. The monoisotopic (exact) mass is 352 g/mol. The lowest BCUT2D eigenvalue weighted by molar-refractivity contribution is -0.123. The van der Waals surface area contributed by atoms with E-state index >= 15 is 0 Å². The molecule has 1 aromatic carbocycles. The number of hydrogen-bond acceptors (Lipinski definition) is 6. The first kappa shape index (κ1) is 18.3. The van der Waals surface area contributed by atoms with Crippen molar-refractivity contribution in [2.45, 2.75) is 32.5 Å². The van der Waals surface area contributed by atoms with Gasteiger partial charge in [0.2, 0.25) is 5.91 Å². The minimum Gasteiger partial charge on any atom is -0.375 e. The van der Waals surface area contributed by atoms with Crippen LogP contribution < -0.4 is 10.6 Å². The molecule has 9 heteroatoms. The first-order valence-corrected chi connectivity index (χ1v) is 7.71. The normalized spacial score (nSPS) is 20.2. The molecule has 0 unspecified atom stereocenters. The van der Waals surface area contributed by atoms with Crippen molar-refractivity contribution in [2.75, 3.05) is 18.5 Å². The Bertz CT molecular complexity index is 692. The number of anilines is 1. The van der Waals surface area contributed by atoms with Gasteiger partial charge in [0.25, 0.3) is 0 Å². The Morgan fingerprint density at radius 3 is 3.08 bits per heavy atom. The number of carbonyl (C=O) groups is 1. The van der Waals surface area contributed by atoms with Crippen LogP contribution in [0.1, 0.15) is 13.8 Å². The van der Waals surface area contributed by atoms with Crippen molar-refractivity contribution < 1.29 is 9.53 Å². The number of nitrogens with one attached hydrogen (secondary N) is 2. The van der Waals surface area contributed by atoms with E-state index in [1.54, 1.807) is 4.68 Å². The lowest BCUT2D eigenvalue weighted by Crippen LogP contribution is -2.53. The van der Waals surface area contributed by atoms with E-state index in [1.165, 1.54) is 0 Å². The second kappa shape index (κ2) is 8.18. The third kappa shape index (κ3) is 3.89. The molecule has 0 spiro atoms. The zero-order valence-electron chi connectivity index (χ0n) is 13.6. The predicted molar refractivity (Wildman–Crippen MR) is 92.0 cm³/mol. The third-order valence-electron chi connectivity index (χ3n) is 3.82. The van der Waals surface area contributed by atoms with E-state index in [4.69, 9.17) is 4.74 Å². The Hall–Kier alpha value is -2.03. The molecule has 1 saturated heterocycles. The number of morpholine rings is 1. The highest BCUT2D eigenvalue weighted by molar-refractivity contribution is 5.95. The highest BCUT2D eigenvalue weighted by Gasteiger charge is 2.28. The van der Waals surface area contributed by atoms with Crippen LogP contribution in [0.15, 0.2) is 24.3 Å². The second-order valence-corrected chi connectivity index (χ2v) is 5.40. The predicted octanol–water partition coefficient (Wildman–Crippen LogP) is 1.10. The number of ether oxygens (including phenoxy) is 1. The minimum atomic E-state index is -0.353. The first-order chi connectivity index (χ1) is 11.2. The molecule has 2 N–H and O–H groups in total. The molecule has 2 aromatic rings. The molecule has 2 atom stereocenters. The van der Waals surface area contributed by atoms with Crippen molar-refractivity contribution in [2.24, 2.45) is 0 Å². The highest BCUT2D eigenvalue weighted by atomic mass is 35.5. The van der Waals surface area contributed by atoms with Gasteiger partial charge < -0.3 is 15.4 Å². The summed E-state index contributed by atoms with van der Waals surface area (Å²) < 4.78 is 7.22. The maximum Gasteiger partial charge on any atom is 0.244 e. The molecule has 2 heterocycles. The molecule has 0 bridgehead atoms. The van der Waals surface area contributed by atoms with E-state index in [2.05, 4.69) is 26.2 Å². The van der Waals surface area contributed by atoms with Gasteiger partial charge in [-0.15, -0.1) is 17.5 Å². The molecular weight excluding hydrogens is 332 g/mol. The fourth-order valence-electron chi connectivity index (χ4n) is 2.61. The molecule has 1 fully saturated rings. The van der Waals surface area contributed by atoms with Crippen LogP contribution in [0.2, 0.25) is 0 Å². The van der Waals surface area contributed by atoms with Gasteiger partial charge in [-0.2, -0.15) is 0 Å². The minimum absolute atomic E-state index is 0. The number of carbonyl (C=O) groups excluding carboxylic acids is 1. The van der Waals surface area contributed by atoms with Gasteiger partial charge in [0.15, 0.2) is 5.82 Å². The fraction of sp³-hybridized carbons (Fsp3) is 0.467. The zero-order chi connectivity index (χ0) is 16.2. The maximum atomic E-state index is 12.4. The molecule has 3 rings (SSSR count). The average molecular weight is 353 g/mol. The number of tetrazole rings is 1. The third-order valence-corrected chi connectivity index (χ3v) is 3.82. The smallest absolute Gasteiger partial charge is 0.244 e. The number of benzene rings is 1. The van der Waals surface area contributed by atoms with Gasteiger partial charge in [-0.3, -0.25) is 4.79 Å². The molecular formula is C15H21ClN6O2. The van der Waals surface area contributed by atoms with Crippen LogP contribution >= 0.6 is 12.4 Å². The number of amides is 1. The number of rotatable bonds is 4. The Morgan fingerprint density at radius 2 is 2.33 bits per heavy atom. The van der Waals surface area contributed by atoms with Crippen molar-refractivity contribution in [3.8, 4) is 11.4 Å². The molecule has 0 saturated carbocycles. The van der Waals surface area contributed by atoms with Crippen LogP contribution in [0.25, 0.3) is 11.4 Å². The van der Waals surface area contributed by atoms with Crippen molar-refractivity contribution in [1.29, 1.82) is 0 Å². The second-order valence-electron chi connectivity index (χ2n) is 5.40. The van der Waals surface area contributed by atoms with E-state index in [1.807, 2.05) is 38.1 Å². The van der Waals surface area contributed by atoms with E-state index in [0.29, 0.717) is 31.2 Å². The van der Waals surface area contributed by atoms with Gasteiger partial charge in [0.05, 0.1) is 12.7 Å². The summed E-state index contributed by atoms with van der Waals surface area (Å²) in [6, 6.07) is 7.14. The Balaban J connectivity index is 0.00000208. The summed E-state index contributed by atoms with van der Waals surface area (Å²) >= 11 is 0. The molecule has 1 amide bonds. The number of nitrogens with zero attached hydrogens (tertiary/aromatic N) is 4. The largest absolute Gasteiger partial charge is 0.375 e. The van der Waals surface area contributed by atoms with Crippen molar-refractivity contribution in [3.63, 3.8) is 0 Å². The summed E-state index contributed by atoms with van der Waals surface area (Å²) in [5, 5.41) is 17.8. The molecule has 130 valence electrons. The van der Waals surface area contributed by atoms with Gasteiger partial charge >= 0.3 is 0 Å².